The van der Waals surface area contributed by atoms with Gasteiger partial charge in [0.05, 0.1) is 16.5 Å². The van der Waals surface area contributed by atoms with Crippen LogP contribution in [0, 0.1) is 0 Å². The lowest BCUT2D eigenvalue weighted by atomic mass is 10.0. The molecule has 2 atom stereocenters. The van der Waals surface area contributed by atoms with Crippen molar-refractivity contribution < 1.29 is 4.74 Å². The van der Waals surface area contributed by atoms with Crippen molar-refractivity contribution in [3.05, 3.63) is 20.8 Å². The molecule has 0 saturated carbocycles. The first kappa shape index (κ1) is 17.4. The van der Waals surface area contributed by atoms with Gasteiger partial charge in [0, 0.05) is 24.0 Å². The van der Waals surface area contributed by atoms with Gasteiger partial charge in [0.1, 0.15) is 0 Å². The van der Waals surface area contributed by atoms with E-state index in [2.05, 4.69) is 52.1 Å². The maximum atomic E-state index is 6.08. The molecule has 120 valence electrons. The maximum absolute atomic E-state index is 6.08. The summed E-state index contributed by atoms with van der Waals surface area (Å²) in [6.45, 7) is 9.72. The molecule has 1 fully saturated rings. The first-order valence-corrected chi connectivity index (χ1v) is 9.65. The van der Waals surface area contributed by atoms with E-state index >= 15 is 0 Å². The van der Waals surface area contributed by atoms with Gasteiger partial charge in [-0.15, -0.1) is 11.3 Å². The van der Waals surface area contributed by atoms with Crippen LogP contribution in [-0.4, -0.2) is 49.8 Å². The topological polar surface area (TPSA) is 24.5 Å². The molecule has 5 heteroatoms. The number of nitrogens with one attached hydrogen (secondary N) is 1. The molecule has 1 aromatic rings. The van der Waals surface area contributed by atoms with Gasteiger partial charge in [-0.3, -0.25) is 4.90 Å². The Labute approximate surface area is 141 Å². The van der Waals surface area contributed by atoms with E-state index in [1.165, 1.54) is 21.6 Å². The highest BCUT2D eigenvalue weighted by Gasteiger charge is 2.28. The molecule has 0 bridgehead atoms. The van der Waals surface area contributed by atoms with Gasteiger partial charge in [0.2, 0.25) is 0 Å². The summed E-state index contributed by atoms with van der Waals surface area (Å²) in [5, 5.41) is 3.70. The Morgan fingerprint density at radius 2 is 2.29 bits per heavy atom. The molecule has 1 aliphatic rings. The lowest BCUT2D eigenvalue weighted by Crippen LogP contribution is -2.53. The van der Waals surface area contributed by atoms with E-state index in [-0.39, 0.29) is 0 Å². The monoisotopic (exact) mass is 374 g/mol. The quantitative estimate of drug-likeness (QED) is 0.752. The molecule has 0 spiro atoms. The van der Waals surface area contributed by atoms with Crippen LogP contribution in [0.1, 0.15) is 31.6 Å². The SMILES string of the molecule is CCCNC(Cc1ccc(Br)s1)C1CN(CCC)CCO1. The number of rotatable bonds is 8. The van der Waals surface area contributed by atoms with Crippen molar-refractivity contribution in [1.82, 2.24) is 10.2 Å². The second-order valence-corrected chi connectivity index (χ2v) is 8.23. The molecular formula is C16H27BrN2OS. The van der Waals surface area contributed by atoms with Crippen LogP contribution in [0.15, 0.2) is 15.9 Å². The molecular weight excluding hydrogens is 348 g/mol. The average Bonchev–Trinajstić information content (AvgIpc) is 2.89. The fourth-order valence-corrected chi connectivity index (χ4v) is 4.38. The number of morpholine rings is 1. The first-order valence-electron chi connectivity index (χ1n) is 8.04. The van der Waals surface area contributed by atoms with Gasteiger partial charge in [0.25, 0.3) is 0 Å². The zero-order valence-electron chi connectivity index (χ0n) is 13.1. The third-order valence-corrected chi connectivity index (χ3v) is 5.52. The molecule has 21 heavy (non-hydrogen) atoms. The van der Waals surface area contributed by atoms with Crippen molar-refractivity contribution in [2.75, 3.05) is 32.8 Å². The average molecular weight is 375 g/mol. The molecule has 0 aromatic carbocycles. The molecule has 0 radical (unpaired) electrons. The number of halogens is 1. The van der Waals surface area contributed by atoms with Crippen molar-refractivity contribution in [3.63, 3.8) is 0 Å². The van der Waals surface area contributed by atoms with E-state index in [4.69, 9.17) is 4.74 Å². The summed E-state index contributed by atoms with van der Waals surface area (Å²) in [6.07, 6.45) is 3.74. The van der Waals surface area contributed by atoms with E-state index in [0.29, 0.717) is 12.1 Å². The van der Waals surface area contributed by atoms with Gasteiger partial charge >= 0.3 is 0 Å². The summed E-state index contributed by atoms with van der Waals surface area (Å²) in [7, 11) is 0. The van der Waals surface area contributed by atoms with Gasteiger partial charge in [-0.1, -0.05) is 13.8 Å². The number of ether oxygens (including phenoxy) is 1. The summed E-state index contributed by atoms with van der Waals surface area (Å²) < 4.78 is 7.29. The molecule has 2 rings (SSSR count). The molecule has 1 aromatic heterocycles. The largest absolute Gasteiger partial charge is 0.374 e. The summed E-state index contributed by atoms with van der Waals surface area (Å²) >= 11 is 5.39. The minimum absolute atomic E-state index is 0.303. The summed E-state index contributed by atoms with van der Waals surface area (Å²) in [6, 6.07) is 4.78. The second kappa shape index (κ2) is 9.26. The molecule has 3 nitrogen and oxygen atoms in total. The Kier molecular flexibility index (Phi) is 7.68. The Balaban J connectivity index is 1.96. The van der Waals surface area contributed by atoms with Crippen molar-refractivity contribution in [3.8, 4) is 0 Å². The number of nitrogens with zero attached hydrogens (tertiary/aromatic N) is 1. The van der Waals surface area contributed by atoms with E-state index in [1.807, 2.05) is 11.3 Å². The fourth-order valence-electron chi connectivity index (χ4n) is 2.84. The Morgan fingerprint density at radius 1 is 1.43 bits per heavy atom. The zero-order chi connectivity index (χ0) is 15.1. The number of thiophene rings is 1. The van der Waals surface area contributed by atoms with Gasteiger partial charge in [0.15, 0.2) is 0 Å². The molecule has 1 aliphatic heterocycles. The van der Waals surface area contributed by atoms with Crippen LogP contribution >= 0.6 is 27.3 Å². The van der Waals surface area contributed by atoms with E-state index in [9.17, 15) is 0 Å². The third kappa shape index (κ3) is 5.64. The van der Waals surface area contributed by atoms with Gasteiger partial charge in [-0.25, -0.2) is 0 Å². The van der Waals surface area contributed by atoms with E-state index < -0.39 is 0 Å². The van der Waals surface area contributed by atoms with Gasteiger partial charge < -0.3 is 10.1 Å². The van der Waals surface area contributed by atoms with Crippen LogP contribution in [0.3, 0.4) is 0 Å². The van der Waals surface area contributed by atoms with Crippen LogP contribution in [0.4, 0.5) is 0 Å². The van der Waals surface area contributed by atoms with Crippen molar-refractivity contribution in [2.45, 2.75) is 45.3 Å². The summed E-state index contributed by atoms with van der Waals surface area (Å²) in [5.74, 6) is 0. The highest BCUT2D eigenvalue weighted by molar-refractivity contribution is 9.11. The third-order valence-electron chi connectivity index (χ3n) is 3.87. The highest BCUT2D eigenvalue weighted by atomic mass is 79.9. The predicted octanol–water partition coefficient (Wildman–Crippen LogP) is 3.53. The normalized spacial score (nSPS) is 21.6. The molecule has 0 aliphatic carbocycles. The Bertz CT molecular complexity index is 411. The van der Waals surface area contributed by atoms with Gasteiger partial charge in [-0.05, 0) is 60.4 Å². The predicted molar refractivity (Wildman–Crippen MR) is 94.3 cm³/mol. The number of hydrogen-bond acceptors (Lipinski definition) is 4. The molecule has 2 heterocycles. The van der Waals surface area contributed by atoms with Gasteiger partial charge in [-0.2, -0.15) is 0 Å². The van der Waals surface area contributed by atoms with Crippen LogP contribution in [0.5, 0.6) is 0 Å². The van der Waals surface area contributed by atoms with Crippen LogP contribution < -0.4 is 5.32 Å². The molecule has 0 amide bonds. The summed E-state index contributed by atoms with van der Waals surface area (Å²) in [5.41, 5.74) is 0. The second-order valence-electron chi connectivity index (χ2n) is 5.68. The van der Waals surface area contributed by atoms with Crippen molar-refractivity contribution in [2.24, 2.45) is 0 Å². The highest BCUT2D eigenvalue weighted by Crippen LogP contribution is 2.24. The van der Waals surface area contributed by atoms with E-state index in [1.54, 1.807) is 0 Å². The van der Waals surface area contributed by atoms with Crippen LogP contribution in [0.2, 0.25) is 0 Å². The molecule has 2 unspecified atom stereocenters. The fraction of sp³-hybridized carbons (Fsp3) is 0.750. The standard InChI is InChI=1S/C16H27BrN2OS/c1-3-7-18-14(11-13-5-6-16(17)21-13)15-12-19(8-4-2)9-10-20-15/h5-6,14-15,18H,3-4,7-12H2,1-2H3. The minimum atomic E-state index is 0.303. The maximum Gasteiger partial charge on any atom is 0.0858 e. The molecule has 1 N–H and O–H groups in total. The summed E-state index contributed by atoms with van der Waals surface area (Å²) in [4.78, 5) is 3.96. The molecule has 1 saturated heterocycles. The first-order chi connectivity index (χ1) is 10.2. The lowest BCUT2D eigenvalue weighted by Gasteiger charge is -2.37. The Morgan fingerprint density at radius 3 is 2.95 bits per heavy atom. The van der Waals surface area contributed by atoms with Crippen LogP contribution in [0.25, 0.3) is 0 Å². The Hall–Kier alpha value is 0.0600. The minimum Gasteiger partial charge on any atom is -0.374 e. The number of hydrogen-bond donors (Lipinski definition) is 1. The van der Waals surface area contributed by atoms with E-state index in [0.717, 1.165) is 39.1 Å². The lowest BCUT2D eigenvalue weighted by molar-refractivity contribution is -0.0460. The van der Waals surface area contributed by atoms with Crippen LogP contribution in [-0.2, 0) is 11.2 Å². The zero-order valence-corrected chi connectivity index (χ0v) is 15.5. The van der Waals surface area contributed by atoms with Crippen molar-refractivity contribution >= 4 is 27.3 Å². The van der Waals surface area contributed by atoms with Crippen molar-refractivity contribution in [1.29, 1.82) is 0 Å². The smallest absolute Gasteiger partial charge is 0.0858 e.